The predicted molar refractivity (Wildman–Crippen MR) is 47.0 cm³/mol. The molecule has 0 bridgehead atoms. The van der Waals surface area contributed by atoms with Gasteiger partial charge in [-0.05, 0) is 6.07 Å². The van der Waals surface area contributed by atoms with Gasteiger partial charge >= 0.3 is 0 Å². The molecule has 2 N–H and O–H groups in total. The number of aromatic nitrogens is 4. The van der Waals surface area contributed by atoms with E-state index in [2.05, 4.69) is 15.2 Å². The summed E-state index contributed by atoms with van der Waals surface area (Å²) in [4.78, 5) is 5.61. The summed E-state index contributed by atoms with van der Waals surface area (Å²) in [6, 6.07) is 3.75. The summed E-state index contributed by atoms with van der Waals surface area (Å²) in [5.74, 6) is 0.690. The second kappa shape index (κ2) is 3.32. The van der Waals surface area contributed by atoms with E-state index in [-0.39, 0.29) is 0 Å². The van der Waals surface area contributed by atoms with Crippen molar-refractivity contribution in [1.29, 1.82) is 0 Å². The molecule has 66 valence electrons. The van der Waals surface area contributed by atoms with Crippen LogP contribution in [0.3, 0.4) is 0 Å². The molecule has 0 radical (unpaired) electrons. The molecule has 0 amide bonds. The van der Waals surface area contributed by atoms with E-state index in [9.17, 15) is 0 Å². The second-order valence-electron chi connectivity index (χ2n) is 2.51. The first kappa shape index (κ1) is 7.88. The van der Waals surface area contributed by atoms with E-state index in [0.717, 1.165) is 5.56 Å². The molecule has 0 aliphatic heterocycles. The van der Waals surface area contributed by atoms with Crippen molar-refractivity contribution < 1.29 is 0 Å². The van der Waals surface area contributed by atoms with Gasteiger partial charge in [0.1, 0.15) is 0 Å². The Labute approximate surface area is 75.2 Å². The highest BCUT2D eigenvalue weighted by atomic mass is 15.5. The molecule has 0 saturated heterocycles. The zero-order chi connectivity index (χ0) is 9.10. The fourth-order valence-electron chi connectivity index (χ4n) is 1.09. The highest BCUT2D eigenvalue weighted by Gasteiger charge is 2.03. The molecule has 0 unspecified atom stereocenters. The second-order valence-corrected chi connectivity index (χ2v) is 2.51. The van der Waals surface area contributed by atoms with E-state index in [0.29, 0.717) is 12.4 Å². The summed E-state index contributed by atoms with van der Waals surface area (Å²) < 4.78 is 0. The summed E-state index contributed by atoms with van der Waals surface area (Å²) in [7, 11) is 0. The minimum atomic E-state index is 0.435. The van der Waals surface area contributed by atoms with Gasteiger partial charge in [-0.1, -0.05) is 6.07 Å². The molecule has 0 saturated carbocycles. The lowest BCUT2D eigenvalue weighted by molar-refractivity contribution is 0.717. The van der Waals surface area contributed by atoms with Crippen LogP contribution in [0.5, 0.6) is 0 Å². The molecule has 13 heavy (non-hydrogen) atoms. The van der Waals surface area contributed by atoms with E-state index in [1.807, 2.05) is 12.1 Å². The van der Waals surface area contributed by atoms with Gasteiger partial charge in [-0.25, -0.2) is 4.98 Å². The summed E-state index contributed by atoms with van der Waals surface area (Å²) >= 11 is 0. The molecule has 2 aromatic rings. The van der Waals surface area contributed by atoms with Gasteiger partial charge in [0.2, 0.25) is 0 Å². The number of pyridine rings is 1. The van der Waals surface area contributed by atoms with Crippen molar-refractivity contribution in [2.45, 2.75) is 6.54 Å². The molecule has 2 aromatic heterocycles. The first-order valence-electron chi connectivity index (χ1n) is 3.92. The number of nitrogens with zero attached hydrogens (tertiary/aromatic N) is 4. The van der Waals surface area contributed by atoms with Crippen LogP contribution < -0.4 is 5.73 Å². The quantitative estimate of drug-likeness (QED) is 0.703. The van der Waals surface area contributed by atoms with Crippen LogP contribution in [-0.2, 0) is 6.54 Å². The van der Waals surface area contributed by atoms with Crippen LogP contribution in [0, 0.1) is 0 Å². The average Bonchev–Trinajstić information content (AvgIpc) is 2.70. The minimum Gasteiger partial charge on any atom is -0.326 e. The molecule has 5 nitrogen and oxygen atoms in total. The van der Waals surface area contributed by atoms with Crippen molar-refractivity contribution in [3.63, 3.8) is 0 Å². The fourth-order valence-corrected chi connectivity index (χ4v) is 1.09. The average molecular weight is 175 g/mol. The Morgan fingerprint density at radius 1 is 1.23 bits per heavy atom. The van der Waals surface area contributed by atoms with Gasteiger partial charge in [0, 0.05) is 18.3 Å². The van der Waals surface area contributed by atoms with Gasteiger partial charge in [0.05, 0.1) is 12.4 Å². The Balaban J connectivity index is 2.51. The predicted octanol–water partition coefficient (Wildman–Crippen LogP) is 0.121. The first-order chi connectivity index (χ1) is 6.42. The largest absolute Gasteiger partial charge is 0.326 e. The molecule has 0 aromatic carbocycles. The number of hydrogen-bond donors (Lipinski definition) is 1. The SMILES string of the molecule is NCc1cccnc1-n1nccn1. The van der Waals surface area contributed by atoms with E-state index in [1.54, 1.807) is 18.6 Å². The monoisotopic (exact) mass is 175 g/mol. The van der Waals surface area contributed by atoms with Crippen molar-refractivity contribution in [2.24, 2.45) is 5.73 Å². The molecule has 0 fully saturated rings. The zero-order valence-electron chi connectivity index (χ0n) is 6.96. The molecular weight excluding hydrogens is 166 g/mol. The third-order valence-corrected chi connectivity index (χ3v) is 1.70. The summed E-state index contributed by atoms with van der Waals surface area (Å²) in [5, 5.41) is 7.97. The Morgan fingerprint density at radius 2 is 2.00 bits per heavy atom. The molecule has 0 spiro atoms. The van der Waals surface area contributed by atoms with Crippen LogP contribution in [0.15, 0.2) is 30.7 Å². The molecule has 2 heterocycles. The summed E-state index contributed by atoms with van der Waals surface area (Å²) in [5.41, 5.74) is 6.48. The maximum atomic E-state index is 5.55. The Hall–Kier alpha value is -1.75. The van der Waals surface area contributed by atoms with Gasteiger partial charge < -0.3 is 5.73 Å². The van der Waals surface area contributed by atoms with Gasteiger partial charge in [0.25, 0.3) is 0 Å². The van der Waals surface area contributed by atoms with Gasteiger partial charge in [-0.15, -0.1) is 4.80 Å². The zero-order valence-corrected chi connectivity index (χ0v) is 6.96. The van der Waals surface area contributed by atoms with Crippen molar-refractivity contribution in [2.75, 3.05) is 0 Å². The van der Waals surface area contributed by atoms with E-state index in [1.165, 1.54) is 4.80 Å². The lowest BCUT2D eigenvalue weighted by Crippen LogP contribution is -2.08. The smallest absolute Gasteiger partial charge is 0.178 e. The van der Waals surface area contributed by atoms with Crippen LogP contribution in [0.2, 0.25) is 0 Å². The number of rotatable bonds is 2. The Bertz CT molecular complexity index is 381. The maximum Gasteiger partial charge on any atom is 0.178 e. The molecule has 5 heteroatoms. The van der Waals surface area contributed by atoms with Crippen LogP contribution in [0.25, 0.3) is 5.82 Å². The van der Waals surface area contributed by atoms with Crippen molar-refractivity contribution in [1.82, 2.24) is 20.0 Å². The molecule has 0 aliphatic carbocycles. The lowest BCUT2D eigenvalue weighted by atomic mass is 10.2. The van der Waals surface area contributed by atoms with Crippen LogP contribution >= 0.6 is 0 Å². The maximum absolute atomic E-state index is 5.55. The van der Waals surface area contributed by atoms with Crippen molar-refractivity contribution >= 4 is 0 Å². The van der Waals surface area contributed by atoms with E-state index in [4.69, 9.17) is 5.73 Å². The molecule has 2 rings (SSSR count). The molecule has 0 aliphatic rings. The minimum absolute atomic E-state index is 0.435. The Morgan fingerprint density at radius 3 is 2.69 bits per heavy atom. The van der Waals surface area contributed by atoms with Crippen LogP contribution in [-0.4, -0.2) is 20.0 Å². The summed E-state index contributed by atoms with van der Waals surface area (Å²) in [6.07, 6.45) is 4.90. The standard InChI is InChI=1S/C8H9N5/c9-6-7-2-1-3-10-8(7)13-11-4-5-12-13/h1-5H,6,9H2. The fraction of sp³-hybridized carbons (Fsp3) is 0.125. The van der Waals surface area contributed by atoms with Crippen LogP contribution in [0.4, 0.5) is 0 Å². The van der Waals surface area contributed by atoms with E-state index < -0.39 is 0 Å². The third kappa shape index (κ3) is 1.41. The molecule has 0 atom stereocenters. The highest BCUT2D eigenvalue weighted by molar-refractivity contribution is 5.30. The normalized spacial score (nSPS) is 10.2. The Kier molecular flexibility index (Phi) is 2.01. The molecular formula is C8H9N5. The van der Waals surface area contributed by atoms with Gasteiger partial charge in [0.15, 0.2) is 5.82 Å². The first-order valence-corrected chi connectivity index (χ1v) is 3.92. The van der Waals surface area contributed by atoms with Gasteiger partial charge in [-0.2, -0.15) is 10.2 Å². The third-order valence-electron chi connectivity index (χ3n) is 1.70. The van der Waals surface area contributed by atoms with Crippen molar-refractivity contribution in [3.8, 4) is 5.82 Å². The van der Waals surface area contributed by atoms with Crippen molar-refractivity contribution in [3.05, 3.63) is 36.3 Å². The van der Waals surface area contributed by atoms with E-state index >= 15 is 0 Å². The van der Waals surface area contributed by atoms with Gasteiger partial charge in [-0.3, -0.25) is 0 Å². The summed E-state index contributed by atoms with van der Waals surface area (Å²) in [6.45, 7) is 0.435. The topological polar surface area (TPSA) is 69.6 Å². The highest BCUT2D eigenvalue weighted by Crippen LogP contribution is 2.06. The lowest BCUT2D eigenvalue weighted by Gasteiger charge is -2.03. The number of hydrogen-bond acceptors (Lipinski definition) is 4. The number of nitrogens with two attached hydrogens (primary N) is 1. The van der Waals surface area contributed by atoms with Crippen LogP contribution in [0.1, 0.15) is 5.56 Å².